The minimum absolute atomic E-state index is 0.179. The summed E-state index contributed by atoms with van der Waals surface area (Å²) in [7, 11) is 0. The van der Waals surface area contributed by atoms with E-state index in [1.54, 1.807) is 6.07 Å². The molecule has 1 aromatic carbocycles. The SMILES string of the molecule is CCCCCCCc1ccc(-c2ccc(CCC3CCC(C)CC3)cc2F)nn1. The van der Waals surface area contributed by atoms with Crippen LogP contribution >= 0.6 is 0 Å². The molecule has 3 heteroatoms. The molecule has 0 unspecified atom stereocenters. The van der Waals surface area contributed by atoms with Gasteiger partial charge in [-0.05, 0) is 67.3 Å². The molecule has 0 bridgehead atoms. The molecule has 0 saturated heterocycles. The monoisotopic (exact) mass is 396 g/mol. The van der Waals surface area contributed by atoms with E-state index in [2.05, 4.69) is 30.1 Å². The molecule has 2 aromatic rings. The van der Waals surface area contributed by atoms with E-state index < -0.39 is 0 Å². The van der Waals surface area contributed by atoms with Crippen LogP contribution in [0.2, 0.25) is 0 Å². The van der Waals surface area contributed by atoms with Gasteiger partial charge in [0.2, 0.25) is 0 Å². The van der Waals surface area contributed by atoms with E-state index in [0.717, 1.165) is 42.4 Å². The minimum atomic E-state index is -0.179. The maximum absolute atomic E-state index is 14.7. The standard InChI is InChI=1S/C26H37FN2/c1-3-4-5-6-7-8-23-16-18-26(29-28-23)24-17-15-22(19-25(24)27)14-13-21-11-9-20(2)10-12-21/h15-21H,3-14H2,1-2H3. The lowest BCUT2D eigenvalue weighted by atomic mass is 9.80. The highest BCUT2D eigenvalue weighted by Crippen LogP contribution is 2.31. The van der Waals surface area contributed by atoms with Crippen LogP contribution in [0.4, 0.5) is 4.39 Å². The lowest BCUT2D eigenvalue weighted by Crippen LogP contribution is -2.12. The first-order valence-corrected chi connectivity index (χ1v) is 11.8. The summed E-state index contributed by atoms with van der Waals surface area (Å²) in [6.45, 7) is 4.58. The Morgan fingerprint density at radius 2 is 1.69 bits per heavy atom. The summed E-state index contributed by atoms with van der Waals surface area (Å²) in [6.07, 6.45) is 14.7. The third-order valence-corrected chi connectivity index (χ3v) is 6.54. The van der Waals surface area contributed by atoms with Gasteiger partial charge < -0.3 is 0 Å². The molecule has 1 heterocycles. The van der Waals surface area contributed by atoms with Crippen LogP contribution in [0.5, 0.6) is 0 Å². The third-order valence-electron chi connectivity index (χ3n) is 6.54. The Kier molecular flexibility index (Phi) is 8.64. The second-order valence-corrected chi connectivity index (χ2v) is 9.05. The molecule has 29 heavy (non-hydrogen) atoms. The Hall–Kier alpha value is -1.77. The average Bonchev–Trinajstić information content (AvgIpc) is 2.74. The van der Waals surface area contributed by atoms with Crippen molar-refractivity contribution in [3.8, 4) is 11.3 Å². The van der Waals surface area contributed by atoms with Crippen molar-refractivity contribution in [1.82, 2.24) is 10.2 Å². The Balaban J connectivity index is 1.51. The topological polar surface area (TPSA) is 25.8 Å². The zero-order valence-corrected chi connectivity index (χ0v) is 18.3. The normalized spacial score (nSPS) is 19.4. The van der Waals surface area contributed by atoms with Crippen LogP contribution in [0.15, 0.2) is 30.3 Å². The molecule has 158 valence electrons. The number of aryl methyl sites for hydroxylation is 2. The molecule has 1 aliphatic rings. The maximum Gasteiger partial charge on any atom is 0.132 e. The predicted molar refractivity (Wildman–Crippen MR) is 119 cm³/mol. The molecular formula is C26H37FN2. The predicted octanol–water partition coefficient (Wildman–Crippen LogP) is 7.55. The van der Waals surface area contributed by atoms with Gasteiger partial charge in [0.1, 0.15) is 5.82 Å². The van der Waals surface area contributed by atoms with E-state index in [0.29, 0.717) is 11.3 Å². The number of aromatic nitrogens is 2. The summed E-state index contributed by atoms with van der Waals surface area (Å²) in [5, 5.41) is 8.61. The number of nitrogens with zero attached hydrogens (tertiary/aromatic N) is 2. The van der Waals surface area contributed by atoms with E-state index >= 15 is 0 Å². The van der Waals surface area contributed by atoms with Crippen molar-refractivity contribution >= 4 is 0 Å². The lowest BCUT2D eigenvalue weighted by Gasteiger charge is -2.26. The summed E-state index contributed by atoms with van der Waals surface area (Å²) in [4.78, 5) is 0. The van der Waals surface area contributed by atoms with Crippen molar-refractivity contribution in [3.63, 3.8) is 0 Å². The maximum atomic E-state index is 14.7. The quantitative estimate of drug-likeness (QED) is 0.387. The van der Waals surface area contributed by atoms with Gasteiger partial charge in [0.15, 0.2) is 0 Å². The van der Waals surface area contributed by atoms with Gasteiger partial charge in [-0.2, -0.15) is 10.2 Å². The molecular weight excluding hydrogens is 359 g/mol. The largest absolute Gasteiger partial charge is 0.206 e. The summed E-state index contributed by atoms with van der Waals surface area (Å²) in [6, 6.07) is 9.55. The molecule has 1 fully saturated rings. The van der Waals surface area contributed by atoms with Crippen LogP contribution in [0.25, 0.3) is 11.3 Å². The first-order valence-electron chi connectivity index (χ1n) is 11.8. The lowest BCUT2D eigenvalue weighted by molar-refractivity contribution is 0.277. The molecule has 0 aliphatic heterocycles. The van der Waals surface area contributed by atoms with Gasteiger partial charge in [-0.3, -0.25) is 0 Å². The highest BCUT2D eigenvalue weighted by Gasteiger charge is 2.18. The summed E-state index contributed by atoms with van der Waals surface area (Å²) in [5.74, 6) is 1.52. The Morgan fingerprint density at radius 3 is 2.38 bits per heavy atom. The average molecular weight is 397 g/mol. The first kappa shape index (κ1) is 21.9. The number of hydrogen-bond donors (Lipinski definition) is 0. The smallest absolute Gasteiger partial charge is 0.132 e. The molecule has 1 saturated carbocycles. The van der Waals surface area contributed by atoms with Crippen LogP contribution in [0.3, 0.4) is 0 Å². The van der Waals surface area contributed by atoms with E-state index in [1.165, 1.54) is 57.8 Å². The molecule has 1 aliphatic carbocycles. The number of benzene rings is 1. The van der Waals surface area contributed by atoms with E-state index in [-0.39, 0.29) is 5.82 Å². The van der Waals surface area contributed by atoms with Crippen molar-refractivity contribution < 1.29 is 4.39 Å². The van der Waals surface area contributed by atoms with Gasteiger partial charge in [-0.15, -0.1) is 0 Å². The van der Waals surface area contributed by atoms with Crippen LogP contribution in [0.1, 0.15) is 89.3 Å². The van der Waals surface area contributed by atoms with Crippen molar-refractivity contribution in [2.75, 3.05) is 0 Å². The second-order valence-electron chi connectivity index (χ2n) is 9.05. The van der Waals surface area contributed by atoms with Crippen molar-refractivity contribution in [2.24, 2.45) is 11.8 Å². The molecule has 1 aromatic heterocycles. The second kappa shape index (κ2) is 11.4. The van der Waals surface area contributed by atoms with E-state index in [9.17, 15) is 4.39 Å². The van der Waals surface area contributed by atoms with Gasteiger partial charge >= 0.3 is 0 Å². The fraction of sp³-hybridized carbons (Fsp3) is 0.615. The Bertz CT molecular complexity index is 733. The molecule has 2 nitrogen and oxygen atoms in total. The molecule has 3 rings (SSSR count). The molecule has 0 N–H and O–H groups in total. The molecule has 0 spiro atoms. The summed E-state index contributed by atoms with van der Waals surface area (Å²) < 4.78 is 14.7. The minimum Gasteiger partial charge on any atom is -0.206 e. The number of unbranched alkanes of at least 4 members (excludes halogenated alkanes) is 4. The van der Waals surface area contributed by atoms with Crippen LogP contribution < -0.4 is 0 Å². The Morgan fingerprint density at radius 1 is 0.897 bits per heavy atom. The number of rotatable bonds is 10. The van der Waals surface area contributed by atoms with Gasteiger partial charge in [-0.1, -0.05) is 71.3 Å². The first-order chi connectivity index (χ1) is 14.2. The molecule has 0 radical (unpaired) electrons. The van der Waals surface area contributed by atoms with Gasteiger partial charge in [-0.25, -0.2) is 4.39 Å². The number of halogens is 1. The van der Waals surface area contributed by atoms with Crippen molar-refractivity contribution in [1.29, 1.82) is 0 Å². The van der Waals surface area contributed by atoms with Crippen molar-refractivity contribution in [3.05, 3.63) is 47.4 Å². The van der Waals surface area contributed by atoms with Crippen LogP contribution in [0, 0.1) is 17.7 Å². The highest BCUT2D eigenvalue weighted by molar-refractivity contribution is 5.59. The highest BCUT2D eigenvalue weighted by atomic mass is 19.1. The fourth-order valence-electron chi connectivity index (χ4n) is 4.46. The fourth-order valence-corrected chi connectivity index (χ4v) is 4.46. The van der Waals surface area contributed by atoms with Crippen molar-refractivity contribution in [2.45, 2.75) is 90.9 Å². The van der Waals surface area contributed by atoms with Gasteiger partial charge in [0.25, 0.3) is 0 Å². The van der Waals surface area contributed by atoms with Crippen LogP contribution in [-0.4, -0.2) is 10.2 Å². The van der Waals surface area contributed by atoms with Crippen LogP contribution in [-0.2, 0) is 12.8 Å². The van der Waals surface area contributed by atoms with E-state index in [1.807, 2.05) is 18.2 Å². The zero-order valence-electron chi connectivity index (χ0n) is 18.3. The summed E-state index contributed by atoms with van der Waals surface area (Å²) in [5.41, 5.74) is 3.29. The van der Waals surface area contributed by atoms with E-state index in [4.69, 9.17) is 0 Å². The summed E-state index contributed by atoms with van der Waals surface area (Å²) >= 11 is 0. The van der Waals surface area contributed by atoms with Gasteiger partial charge in [0, 0.05) is 5.56 Å². The zero-order chi connectivity index (χ0) is 20.5. The Labute approximate surface area is 176 Å². The third kappa shape index (κ3) is 6.90. The number of hydrogen-bond acceptors (Lipinski definition) is 2. The van der Waals surface area contributed by atoms with Gasteiger partial charge in [0.05, 0.1) is 11.4 Å². The molecule has 0 amide bonds. The molecule has 0 atom stereocenters.